The van der Waals surface area contributed by atoms with E-state index < -0.39 is 0 Å². The van der Waals surface area contributed by atoms with Crippen LogP contribution in [0.3, 0.4) is 0 Å². The van der Waals surface area contributed by atoms with Gasteiger partial charge in [0.25, 0.3) is 0 Å². The van der Waals surface area contributed by atoms with Gasteiger partial charge >= 0.3 is 0 Å². The van der Waals surface area contributed by atoms with E-state index >= 15 is 0 Å². The third-order valence-corrected chi connectivity index (χ3v) is 4.24. The van der Waals surface area contributed by atoms with Gasteiger partial charge in [-0.1, -0.05) is 36.7 Å². The van der Waals surface area contributed by atoms with Gasteiger partial charge in [-0.3, -0.25) is 0 Å². The van der Waals surface area contributed by atoms with Gasteiger partial charge in [0.05, 0.1) is 0 Å². The standard InChI is InChI=1S/C15H23ClN2/c1-3-18-10-8-13(9-11-18)17-12(2)14-6-4-5-7-15(14)16/h4-7,12-13,17H,3,8-11H2,1-2H3. The predicted octanol–water partition coefficient (Wildman–Crippen LogP) is 3.47. The first kappa shape index (κ1) is 13.9. The first-order valence-corrected chi connectivity index (χ1v) is 7.31. The molecule has 1 aliphatic heterocycles. The molecule has 100 valence electrons. The first-order valence-electron chi connectivity index (χ1n) is 6.93. The van der Waals surface area contributed by atoms with E-state index in [1.54, 1.807) is 0 Å². The zero-order chi connectivity index (χ0) is 13.0. The van der Waals surface area contributed by atoms with Crippen molar-refractivity contribution < 1.29 is 0 Å². The Balaban J connectivity index is 1.89. The number of hydrogen-bond acceptors (Lipinski definition) is 2. The molecule has 3 heteroatoms. The van der Waals surface area contributed by atoms with Gasteiger partial charge in [-0.05, 0) is 51.0 Å². The summed E-state index contributed by atoms with van der Waals surface area (Å²) in [7, 11) is 0. The fourth-order valence-electron chi connectivity index (χ4n) is 2.69. The van der Waals surface area contributed by atoms with Gasteiger partial charge < -0.3 is 10.2 Å². The molecule has 0 bridgehead atoms. The van der Waals surface area contributed by atoms with Gasteiger partial charge in [0.1, 0.15) is 0 Å². The lowest BCUT2D eigenvalue weighted by atomic mass is 10.0. The maximum Gasteiger partial charge on any atom is 0.0453 e. The third kappa shape index (κ3) is 3.47. The molecule has 1 N–H and O–H groups in total. The van der Waals surface area contributed by atoms with Crippen molar-refractivity contribution in [2.45, 2.75) is 38.8 Å². The summed E-state index contributed by atoms with van der Waals surface area (Å²) in [5.41, 5.74) is 1.21. The minimum Gasteiger partial charge on any atom is -0.307 e. The number of piperidine rings is 1. The topological polar surface area (TPSA) is 15.3 Å². The minimum atomic E-state index is 0.330. The van der Waals surface area contributed by atoms with Crippen molar-refractivity contribution in [3.8, 4) is 0 Å². The van der Waals surface area contributed by atoms with Crippen LogP contribution in [-0.2, 0) is 0 Å². The molecule has 0 aliphatic carbocycles. The van der Waals surface area contributed by atoms with Crippen molar-refractivity contribution in [2.24, 2.45) is 0 Å². The fraction of sp³-hybridized carbons (Fsp3) is 0.600. The maximum atomic E-state index is 6.23. The summed E-state index contributed by atoms with van der Waals surface area (Å²) in [4.78, 5) is 2.51. The number of nitrogens with zero attached hydrogens (tertiary/aromatic N) is 1. The Kier molecular flexibility index (Phi) is 5.04. The molecule has 18 heavy (non-hydrogen) atoms. The lowest BCUT2D eigenvalue weighted by molar-refractivity contribution is 0.200. The van der Waals surface area contributed by atoms with Crippen molar-refractivity contribution in [3.63, 3.8) is 0 Å². The van der Waals surface area contributed by atoms with Crippen LogP contribution in [0, 0.1) is 0 Å². The number of hydrogen-bond donors (Lipinski definition) is 1. The average Bonchev–Trinajstić information content (AvgIpc) is 2.40. The van der Waals surface area contributed by atoms with Crippen LogP contribution in [0.25, 0.3) is 0 Å². The van der Waals surface area contributed by atoms with E-state index in [-0.39, 0.29) is 0 Å². The van der Waals surface area contributed by atoms with E-state index in [0.717, 1.165) is 5.02 Å². The van der Waals surface area contributed by atoms with Crippen LogP contribution in [-0.4, -0.2) is 30.6 Å². The Bertz CT molecular complexity index is 373. The second kappa shape index (κ2) is 6.55. The number of nitrogens with one attached hydrogen (secondary N) is 1. The molecule has 1 aromatic rings. The Morgan fingerprint density at radius 1 is 1.33 bits per heavy atom. The van der Waals surface area contributed by atoms with E-state index in [9.17, 15) is 0 Å². The first-order chi connectivity index (χ1) is 8.70. The Labute approximate surface area is 115 Å². The van der Waals surface area contributed by atoms with E-state index in [1.165, 1.54) is 38.0 Å². The highest BCUT2D eigenvalue weighted by Crippen LogP contribution is 2.23. The molecule has 2 nitrogen and oxygen atoms in total. The highest BCUT2D eigenvalue weighted by molar-refractivity contribution is 6.31. The van der Waals surface area contributed by atoms with Crippen molar-refractivity contribution in [1.82, 2.24) is 10.2 Å². The largest absolute Gasteiger partial charge is 0.307 e. The summed E-state index contributed by atoms with van der Waals surface area (Å²) in [6, 6.07) is 9.07. The SMILES string of the molecule is CCN1CCC(NC(C)c2ccccc2Cl)CC1. The van der Waals surface area contributed by atoms with Gasteiger partial charge in [0.2, 0.25) is 0 Å². The Morgan fingerprint density at radius 2 is 2.00 bits per heavy atom. The van der Waals surface area contributed by atoms with Gasteiger partial charge in [-0.25, -0.2) is 0 Å². The summed E-state index contributed by atoms with van der Waals surface area (Å²) in [5, 5.41) is 4.57. The lowest BCUT2D eigenvalue weighted by Gasteiger charge is -2.33. The monoisotopic (exact) mass is 266 g/mol. The van der Waals surface area contributed by atoms with Crippen LogP contribution >= 0.6 is 11.6 Å². The molecular weight excluding hydrogens is 244 g/mol. The quantitative estimate of drug-likeness (QED) is 0.898. The molecular formula is C15H23ClN2. The normalized spacial score (nSPS) is 19.9. The molecule has 1 aliphatic rings. The van der Waals surface area contributed by atoms with Gasteiger partial charge in [0.15, 0.2) is 0 Å². The molecule has 0 aromatic heterocycles. The van der Waals surface area contributed by atoms with Crippen molar-refractivity contribution in [3.05, 3.63) is 34.9 Å². The number of rotatable bonds is 4. The summed E-state index contributed by atoms with van der Waals surface area (Å²) < 4.78 is 0. The molecule has 1 atom stereocenters. The second-order valence-corrected chi connectivity index (χ2v) is 5.53. The average molecular weight is 267 g/mol. The zero-order valence-electron chi connectivity index (χ0n) is 11.3. The highest BCUT2D eigenvalue weighted by Gasteiger charge is 2.20. The number of halogens is 1. The van der Waals surface area contributed by atoms with Crippen LogP contribution in [0.1, 0.15) is 38.3 Å². The second-order valence-electron chi connectivity index (χ2n) is 5.12. The summed E-state index contributed by atoms with van der Waals surface area (Å²) in [5.74, 6) is 0. The highest BCUT2D eigenvalue weighted by atomic mass is 35.5. The van der Waals surface area contributed by atoms with Crippen molar-refractivity contribution in [2.75, 3.05) is 19.6 Å². The van der Waals surface area contributed by atoms with E-state index in [4.69, 9.17) is 11.6 Å². The molecule has 0 radical (unpaired) electrons. The predicted molar refractivity (Wildman–Crippen MR) is 78.1 cm³/mol. The van der Waals surface area contributed by atoms with Crippen LogP contribution in [0.2, 0.25) is 5.02 Å². The molecule has 1 heterocycles. The van der Waals surface area contributed by atoms with Crippen LogP contribution < -0.4 is 5.32 Å². The third-order valence-electron chi connectivity index (χ3n) is 3.89. The molecule has 1 unspecified atom stereocenters. The molecule has 1 saturated heterocycles. The molecule has 0 saturated carbocycles. The smallest absolute Gasteiger partial charge is 0.0453 e. The van der Waals surface area contributed by atoms with Gasteiger partial charge in [0, 0.05) is 17.1 Å². The van der Waals surface area contributed by atoms with Gasteiger partial charge in [-0.2, -0.15) is 0 Å². The molecule has 2 rings (SSSR count). The Morgan fingerprint density at radius 3 is 2.61 bits per heavy atom. The van der Waals surface area contributed by atoms with Crippen molar-refractivity contribution >= 4 is 11.6 Å². The molecule has 1 aromatic carbocycles. The van der Waals surface area contributed by atoms with Crippen LogP contribution in [0.5, 0.6) is 0 Å². The number of likely N-dealkylation sites (tertiary alicyclic amines) is 1. The van der Waals surface area contributed by atoms with E-state index in [0.29, 0.717) is 12.1 Å². The zero-order valence-corrected chi connectivity index (χ0v) is 12.1. The Hall–Kier alpha value is -0.570. The summed E-state index contributed by atoms with van der Waals surface area (Å²) in [6.45, 7) is 8.03. The molecule has 1 fully saturated rings. The van der Waals surface area contributed by atoms with E-state index in [2.05, 4.69) is 36.2 Å². The van der Waals surface area contributed by atoms with Gasteiger partial charge in [-0.15, -0.1) is 0 Å². The van der Waals surface area contributed by atoms with Crippen LogP contribution in [0.15, 0.2) is 24.3 Å². The molecule has 0 spiro atoms. The maximum absolute atomic E-state index is 6.23. The lowest BCUT2D eigenvalue weighted by Crippen LogP contribution is -2.43. The molecule has 0 amide bonds. The van der Waals surface area contributed by atoms with Crippen LogP contribution in [0.4, 0.5) is 0 Å². The summed E-state index contributed by atoms with van der Waals surface area (Å²) in [6.07, 6.45) is 2.48. The fourth-order valence-corrected chi connectivity index (χ4v) is 2.98. The van der Waals surface area contributed by atoms with E-state index in [1.807, 2.05) is 12.1 Å². The van der Waals surface area contributed by atoms with Crippen molar-refractivity contribution in [1.29, 1.82) is 0 Å². The minimum absolute atomic E-state index is 0.330. The number of benzene rings is 1. The summed E-state index contributed by atoms with van der Waals surface area (Å²) >= 11 is 6.23.